The zero-order valence-corrected chi connectivity index (χ0v) is 15.6. The third kappa shape index (κ3) is 3.63. The minimum atomic E-state index is -0.299. The van der Waals surface area contributed by atoms with E-state index in [0.717, 1.165) is 30.4 Å². The van der Waals surface area contributed by atoms with Crippen LogP contribution < -0.4 is 0 Å². The molecule has 0 fully saturated rings. The van der Waals surface area contributed by atoms with E-state index in [-0.39, 0.29) is 17.0 Å². The predicted octanol–water partition coefficient (Wildman–Crippen LogP) is 6.60. The van der Waals surface area contributed by atoms with Crippen LogP contribution in [0.4, 0.5) is 4.39 Å². The number of hydrogen-bond donors (Lipinski definition) is 1. The van der Waals surface area contributed by atoms with Gasteiger partial charge >= 0.3 is 0 Å². The largest absolute Gasteiger partial charge is 0.508 e. The van der Waals surface area contributed by atoms with Gasteiger partial charge in [0.15, 0.2) is 0 Å². The molecule has 0 aromatic heterocycles. The lowest BCUT2D eigenvalue weighted by atomic mass is 9.79. The van der Waals surface area contributed by atoms with E-state index in [9.17, 15) is 9.50 Å². The van der Waals surface area contributed by atoms with Gasteiger partial charge in [0.1, 0.15) is 11.6 Å². The Hall–Kier alpha value is -2.09. The number of phenols is 1. The SMILES string of the molecule is CC(C)Cc1ccc(-c2cc(O)ccc2F)c(C2=CCCC2(C)C)c1. The summed E-state index contributed by atoms with van der Waals surface area (Å²) in [5.41, 5.74) is 5.08. The van der Waals surface area contributed by atoms with E-state index in [0.29, 0.717) is 11.5 Å². The summed E-state index contributed by atoms with van der Waals surface area (Å²) in [4.78, 5) is 0. The summed E-state index contributed by atoms with van der Waals surface area (Å²) in [6, 6.07) is 10.6. The van der Waals surface area contributed by atoms with Gasteiger partial charge in [0.25, 0.3) is 0 Å². The van der Waals surface area contributed by atoms with Crippen molar-refractivity contribution in [1.82, 2.24) is 0 Å². The van der Waals surface area contributed by atoms with Crippen LogP contribution in [0.5, 0.6) is 5.75 Å². The Labute approximate surface area is 150 Å². The molecule has 2 aromatic rings. The Morgan fingerprint density at radius 1 is 1.04 bits per heavy atom. The number of aromatic hydroxyl groups is 1. The molecule has 2 heteroatoms. The molecular formula is C23H27FO. The van der Waals surface area contributed by atoms with E-state index in [2.05, 4.69) is 45.9 Å². The highest BCUT2D eigenvalue weighted by molar-refractivity contribution is 5.85. The lowest BCUT2D eigenvalue weighted by Gasteiger charge is -2.25. The first kappa shape index (κ1) is 17.7. The zero-order valence-electron chi connectivity index (χ0n) is 15.6. The van der Waals surface area contributed by atoms with Crippen LogP contribution in [-0.2, 0) is 6.42 Å². The zero-order chi connectivity index (χ0) is 18.2. The van der Waals surface area contributed by atoms with Crippen LogP contribution in [0.3, 0.4) is 0 Å². The molecule has 0 radical (unpaired) electrons. The summed E-state index contributed by atoms with van der Waals surface area (Å²) in [5.74, 6) is 0.363. The fraction of sp³-hybridized carbons (Fsp3) is 0.391. The van der Waals surface area contributed by atoms with Crippen LogP contribution in [0.15, 0.2) is 42.5 Å². The number of allylic oxidation sites excluding steroid dienone is 2. The lowest BCUT2D eigenvalue weighted by Crippen LogP contribution is -2.10. The Morgan fingerprint density at radius 2 is 1.80 bits per heavy atom. The van der Waals surface area contributed by atoms with Crippen molar-refractivity contribution < 1.29 is 9.50 Å². The quantitative estimate of drug-likeness (QED) is 0.666. The molecule has 3 rings (SSSR count). The Morgan fingerprint density at radius 3 is 2.44 bits per heavy atom. The normalized spacial score (nSPS) is 16.3. The van der Waals surface area contributed by atoms with Crippen molar-refractivity contribution in [2.24, 2.45) is 11.3 Å². The molecule has 2 aromatic carbocycles. The highest BCUT2D eigenvalue weighted by atomic mass is 19.1. The first-order valence-electron chi connectivity index (χ1n) is 9.11. The van der Waals surface area contributed by atoms with Gasteiger partial charge in [0.2, 0.25) is 0 Å². The number of hydrogen-bond acceptors (Lipinski definition) is 1. The third-order valence-electron chi connectivity index (χ3n) is 5.11. The Kier molecular flexibility index (Phi) is 4.73. The molecule has 1 N–H and O–H groups in total. The van der Waals surface area contributed by atoms with Crippen LogP contribution in [0.1, 0.15) is 51.7 Å². The van der Waals surface area contributed by atoms with Gasteiger partial charge in [-0.25, -0.2) is 4.39 Å². The molecule has 132 valence electrons. The van der Waals surface area contributed by atoms with Crippen LogP contribution in [-0.4, -0.2) is 5.11 Å². The van der Waals surface area contributed by atoms with Gasteiger partial charge < -0.3 is 5.11 Å². The topological polar surface area (TPSA) is 20.2 Å². The smallest absolute Gasteiger partial charge is 0.131 e. The van der Waals surface area contributed by atoms with E-state index >= 15 is 0 Å². The van der Waals surface area contributed by atoms with Crippen molar-refractivity contribution in [2.45, 2.75) is 47.0 Å². The van der Waals surface area contributed by atoms with Crippen molar-refractivity contribution >= 4 is 5.57 Å². The van der Waals surface area contributed by atoms with Gasteiger partial charge in [0, 0.05) is 5.56 Å². The van der Waals surface area contributed by atoms with E-state index in [1.165, 1.54) is 29.3 Å². The molecule has 0 saturated carbocycles. The average molecular weight is 338 g/mol. The van der Waals surface area contributed by atoms with Gasteiger partial charge in [-0.2, -0.15) is 0 Å². The summed E-state index contributed by atoms with van der Waals surface area (Å²) >= 11 is 0. The first-order chi connectivity index (χ1) is 11.8. The summed E-state index contributed by atoms with van der Waals surface area (Å²) < 4.78 is 14.5. The molecule has 25 heavy (non-hydrogen) atoms. The molecule has 0 aliphatic heterocycles. The fourth-order valence-electron chi connectivity index (χ4n) is 3.83. The molecule has 0 saturated heterocycles. The molecule has 1 aliphatic rings. The van der Waals surface area contributed by atoms with E-state index in [1.54, 1.807) is 0 Å². The summed E-state index contributed by atoms with van der Waals surface area (Å²) in [6.45, 7) is 8.93. The van der Waals surface area contributed by atoms with E-state index < -0.39 is 0 Å². The van der Waals surface area contributed by atoms with Gasteiger partial charge in [-0.3, -0.25) is 0 Å². The summed E-state index contributed by atoms with van der Waals surface area (Å²) in [7, 11) is 0. The second kappa shape index (κ2) is 6.67. The second-order valence-corrected chi connectivity index (χ2v) is 8.18. The molecule has 0 spiro atoms. The van der Waals surface area contributed by atoms with Crippen molar-refractivity contribution in [2.75, 3.05) is 0 Å². The maximum Gasteiger partial charge on any atom is 0.131 e. The van der Waals surface area contributed by atoms with Gasteiger partial charge in [-0.05, 0) is 71.1 Å². The van der Waals surface area contributed by atoms with Crippen LogP contribution in [0.25, 0.3) is 16.7 Å². The monoisotopic (exact) mass is 338 g/mol. The second-order valence-electron chi connectivity index (χ2n) is 8.18. The number of rotatable bonds is 4. The van der Waals surface area contributed by atoms with Crippen LogP contribution in [0, 0.1) is 17.2 Å². The van der Waals surface area contributed by atoms with Crippen LogP contribution in [0.2, 0.25) is 0 Å². The molecular weight excluding hydrogens is 311 g/mol. The summed E-state index contributed by atoms with van der Waals surface area (Å²) in [5, 5.41) is 9.85. The van der Waals surface area contributed by atoms with E-state index in [4.69, 9.17) is 0 Å². The van der Waals surface area contributed by atoms with Crippen molar-refractivity contribution in [3.8, 4) is 16.9 Å². The van der Waals surface area contributed by atoms with E-state index in [1.807, 2.05) is 6.07 Å². The molecule has 0 unspecified atom stereocenters. The van der Waals surface area contributed by atoms with Gasteiger partial charge in [-0.1, -0.05) is 52.0 Å². The molecule has 0 atom stereocenters. The van der Waals surface area contributed by atoms with Gasteiger partial charge in [0.05, 0.1) is 0 Å². The summed E-state index contributed by atoms with van der Waals surface area (Å²) in [6.07, 6.45) is 5.46. The Bertz CT molecular complexity index is 815. The standard InChI is InChI=1S/C23H27FO/c1-15(2)12-16-7-9-18(20-14-17(25)8-10-22(20)24)19(13-16)21-6-5-11-23(21,3)4/h6-10,13-15,25H,5,11-12H2,1-4H3. The van der Waals surface area contributed by atoms with Gasteiger partial charge in [-0.15, -0.1) is 0 Å². The van der Waals surface area contributed by atoms with Crippen molar-refractivity contribution in [3.05, 3.63) is 59.4 Å². The highest BCUT2D eigenvalue weighted by Gasteiger charge is 2.30. The average Bonchev–Trinajstić information content (AvgIpc) is 2.88. The number of phenolic OH excluding ortho intramolecular Hbond substituents is 1. The molecule has 1 nitrogen and oxygen atoms in total. The lowest BCUT2D eigenvalue weighted by molar-refractivity contribution is 0.473. The third-order valence-corrected chi connectivity index (χ3v) is 5.11. The molecule has 0 heterocycles. The van der Waals surface area contributed by atoms with Crippen molar-refractivity contribution in [1.29, 1.82) is 0 Å². The maximum absolute atomic E-state index is 14.5. The van der Waals surface area contributed by atoms with Crippen molar-refractivity contribution in [3.63, 3.8) is 0 Å². The maximum atomic E-state index is 14.5. The molecule has 1 aliphatic carbocycles. The predicted molar refractivity (Wildman–Crippen MR) is 103 cm³/mol. The van der Waals surface area contributed by atoms with Crippen LogP contribution >= 0.6 is 0 Å². The fourth-order valence-corrected chi connectivity index (χ4v) is 3.83. The minimum absolute atomic E-state index is 0.0819. The highest BCUT2D eigenvalue weighted by Crippen LogP contribution is 2.47. The number of benzene rings is 2. The Balaban J connectivity index is 2.20. The molecule has 0 bridgehead atoms. The minimum Gasteiger partial charge on any atom is -0.508 e. The first-order valence-corrected chi connectivity index (χ1v) is 9.11. The molecule has 0 amide bonds. The number of halogens is 1.